The van der Waals surface area contributed by atoms with Crippen LogP contribution in [-0.4, -0.2) is 20.9 Å². The number of hydrogen-bond acceptors (Lipinski definition) is 2. The van der Waals surface area contributed by atoms with Gasteiger partial charge in [0.05, 0.1) is 6.54 Å². The summed E-state index contributed by atoms with van der Waals surface area (Å²) < 4.78 is 1.81. The van der Waals surface area contributed by atoms with Gasteiger partial charge in [0, 0.05) is 16.3 Å². The van der Waals surface area contributed by atoms with Gasteiger partial charge in [-0.2, -0.15) is 5.10 Å². The van der Waals surface area contributed by atoms with Crippen molar-refractivity contribution in [3.8, 4) is 0 Å². The van der Waals surface area contributed by atoms with Crippen LogP contribution in [0.1, 0.15) is 33.7 Å². The minimum Gasteiger partial charge on any atom is -0.476 e. The van der Waals surface area contributed by atoms with E-state index >= 15 is 0 Å². The van der Waals surface area contributed by atoms with Crippen LogP contribution in [0.3, 0.4) is 0 Å². The standard InChI is InChI=1S/C14H13ClN2O2/c15-10-6-4-9(5-7-10)8-17-12-3-1-2-11(12)13(16-17)14(18)19/h4-7H,1-3,8H2,(H,18,19). The van der Waals surface area contributed by atoms with Crippen molar-refractivity contribution < 1.29 is 9.90 Å². The van der Waals surface area contributed by atoms with Crippen LogP contribution in [0.4, 0.5) is 0 Å². The maximum atomic E-state index is 11.2. The average molecular weight is 277 g/mol. The molecule has 98 valence electrons. The molecule has 1 aliphatic rings. The highest BCUT2D eigenvalue weighted by molar-refractivity contribution is 6.30. The van der Waals surface area contributed by atoms with Crippen molar-refractivity contribution in [3.05, 3.63) is 51.8 Å². The van der Waals surface area contributed by atoms with Crippen LogP contribution in [0, 0.1) is 0 Å². The Morgan fingerprint density at radius 3 is 2.74 bits per heavy atom. The van der Waals surface area contributed by atoms with Crippen LogP contribution in [0.5, 0.6) is 0 Å². The number of aromatic carboxylic acids is 1. The molecular weight excluding hydrogens is 264 g/mol. The minimum absolute atomic E-state index is 0.210. The maximum absolute atomic E-state index is 11.2. The lowest BCUT2D eigenvalue weighted by Gasteiger charge is -2.05. The minimum atomic E-state index is -0.937. The molecule has 0 saturated heterocycles. The van der Waals surface area contributed by atoms with Gasteiger partial charge in [0.25, 0.3) is 0 Å². The molecule has 0 radical (unpaired) electrons. The molecule has 1 heterocycles. The number of aromatic nitrogens is 2. The molecule has 2 aromatic rings. The highest BCUT2D eigenvalue weighted by atomic mass is 35.5. The van der Waals surface area contributed by atoms with E-state index in [2.05, 4.69) is 5.10 Å². The fraction of sp³-hybridized carbons (Fsp3) is 0.286. The molecule has 1 aromatic heterocycles. The Morgan fingerprint density at radius 1 is 1.32 bits per heavy atom. The van der Waals surface area contributed by atoms with Crippen molar-refractivity contribution in [3.63, 3.8) is 0 Å². The first kappa shape index (κ1) is 12.2. The summed E-state index contributed by atoms with van der Waals surface area (Å²) in [6.07, 6.45) is 2.73. The third kappa shape index (κ3) is 2.24. The van der Waals surface area contributed by atoms with Gasteiger partial charge in [0.2, 0.25) is 0 Å². The quantitative estimate of drug-likeness (QED) is 0.938. The first-order valence-electron chi connectivity index (χ1n) is 6.21. The van der Waals surface area contributed by atoms with Gasteiger partial charge in [-0.25, -0.2) is 4.79 Å². The van der Waals surface area contributed by atoms with Crippen LogP contribution >= 0.6 is 11.6 Å². The third-order valence-corrected chi connectivity index (χ3v) is 3.71. The number of rotatable bonds is 3. The van der Waals surface area contributed by atoms with E-state index in [9.17, 15) is 9.90 Å². The summed E-state index contributed by atoms with van der Waals surface area (Å²) in [5, 5.41) is 14.1. The molecule has 0 atom stereocenters. The van der Waals surface area contributed by atoms with Crippen LogP contribution in [0.25, 0.3) is 0 Å². The predicted octanol–water partition coefficient (Wildman–Crippen LogP) is 2.77. The Hall–Kier alpha value is -1.81. The van der Waals surface area contributed by atoms with Crippen molar-refractivity contribution in [1.29, 1.82) is 0 Å². The zero-order chi connectivity index (χ0) is 13.4. The van der Waals surface area contributed by atoms with Gasteiger partial charge in [0.15, 0.2) is 5.69 Å². The molecule has 1 aromatic carbocycles. The summed E-state index contributed by atoms with van der Waals surface area (Å²) in [6.45, 7) is 0.590. The maximum Gasteiger partial charge on any atom is 0.356 e. The highest BCUT2D eigenvalue weighted by Gasteiger charge is 2.25. The van der Waals surface area contributed by atoms with Gasteiger partial charge >= 0.3 is 5.97 Å². The van der Waals surface area contributed by atoms with E-state index in [1.165, 1.54) is 0 Å². The van der Waals surface area contributed by atoms with Crippen molar-refractivity contribution in [1.82, 2.24) is 9.78 Å². The number of carboxylic acids is 1. The van der Waals surface area contributed by atoms with E-state index < -0.39 is 5.97 Å². The first-order valence-corrected chi connectivity index (χ1v) is 6.59. The number of carbonyl (C=O) groups is 1. The molecule has 0 aliphatic heterocycles. The second-order valence-corrected chi connectivity index (χ2v) is 5.15. The Balaban J connectivity index is 1.95. The number of benzene rings is 1. The summed E-state index contributed by atoms with van der Waals surface area (Å²) in [6, 6.07) is 7.54. The van der Waals surface area contributed by atoms with E-state index in [0.717, 1.165) is 36.1 Å². The number of hydrogen-bond donors (Lipinski definition) is 1. The van der Waals surface area contributed by atoms with Crippen molar-refractivity contribution in [2.24, 2.45) is 0 Å². The first-order chi connectivity index (χ1) is 9.15. The van der Waals surface area contributed by atoms with Crippen molar-refractivity contribution in [2.45, 2.75) is 25.8 Å². The van der Waals surface area contributed by atoms with E-state index in [0.29, 0.717) is 11.6 Å². The highest BCUT2D eigenvalue weighted by Crippen LogP contribution is 2.26. The largest absolute Gasteiger partial charge is 0.476 e. The van der Waals surface area contributed by atoms with E-state index in [1.807, 2.05) is 28.9 Å². The lowest BCUT2D eigenvalue weighted by Crippen LogP contribution is -2.07. The second-order valence-electron chi connectivity index (χ2n) is 4.72. The average Bonchev–Trinajstić information content (AvgIpc) is 2.95. The van der Waals surface area contributed by atoms with Crippen LogP contribution in [0.15, 0.2) is 24.3 Å². The lowest BCUT2D eigenvalue weighted by molar-refractivity contribution is 0.0688. The normalized spacial score (nSPS) is 13.5. The molecule has 0 unspecified atom stereocenters. The molecule has 3 rings (SSSR count). The van der Waals surface area contributed by atoms with E-state index in [4.69, 9.17) is 11.6 Å². The summed E-state index contributed by atoms with van der Waals surface area (Å²) in [4.78, 5) is 11.2. The predicted molar refractivity (Wildman–Crippen MR) is 71.8 cm³/mol. The van der Waals surface area contributed by atoms with Gasteiger partial charge in [0.1, 0.15) is 0 Å². The van der Waals surface area contributed by atoms with Crippen molar-refractivity contribution in [2.75, 3.05) is 0 Å². The summed E-state index contributed by atoms with van der Waals surface area (Å²) in [7, 11) is 0. The molecular formula is C14H13ClN2O2. The van der Waals surface area contributed by atoms with E-state index in [-0.39, 0.29) is 5.69 Å². The SMILES string of the molecule is O=C(O)c1nn(Cc2ccc(Cl)cc2)c2c1CCC2. The number of halogens is 1. The molecule has 0 bridgehead atoms. The van der Waals surface area contributed by atoms with Gasteiger partial charge in [-0.3, -0.25) is 4.68 Å². The van der Waals surface area contributed by atoms with Gasteiger partial charge in [-0.15, -0.1) is 0 Å². The number of fused-ring (bicyclic) bond motifs is 1. The Labute approximate surface area is 115 Å². The fourth-order valence-corrected chi connectivity index (χ4v) is 2.70. The molecule has 4 nitrogen and oxygen atoms in total. The van der Waals surface area contributed by atoms with Crippen LogP contribution in [-0.2, 0) is 19.4 Å². The third-order valence-electron chi connectivity index (χ3n) is 3.46. The molecule has 0 amide bonds. The second kappa shape index (κ2) is 4.70. The van der Waals surface area contributed by atoms with Gasteiger partial charge < -0.3 is 5.11 Å². The van der Waals surface area contributed by atoms with Crippen LogP contribution in [0.2, 0.25) is 5.02 Å². The number of nitrogens with zero attached hydrogens (tertiary/aromatic N) is 2. The topological polar surface area (TPSA) is 55.1 Å². The molecule has 0 saturated carbocycles. The monoisotopic (exact) mass is 276 g/mol. The van der Waals surface area contributed by atoms with Crippen molar-refractivity contribution >= 4 is 17.6 Å². The smallest absolute Gasteiger partial charge is 0.356 e. The fourth-order valence-electron chi connectivity index (χ4n) is 2.57. The zero-order valence-electron chi connectivity index (χ0n) is 10.3. The molecule has 19 heavy (non-hydrogen) atoms. The Kier molecular flexibility index (Phi) is 3.03. The van der Waals surface area contributed by atoms with Gasteiger partial charge in [-0.1, -0.05) is 23.7 Å². The summed E-state index contributed by atoms with van der Waals surface area (Å²) in [5.74, 6) is -0.937. The molecule has 0 fully saturated rings. The molecule has 1 aliphatic carbocycles. The Bertz CT molecular complexity index is 632. The van der Waals surface area contributed by atoms with Gasteiger partial charge in [-0.05, 0) is 37.0 Å². The lowest BCUT2D eigenvalue weighted by atomic mass is 10.2. The summed E-state index contributed by atoms with van der Waals surface area (Å²) in [5.41, 5.74) is 3.24. The Morgan fingerprint density at radius 2 is 2.05 bits per heavy atom. The molecule has 1 N–H and O–H groups in total. The van der Waals surface area contributed by atoms with E-state index in [1.54, 1.807) is 0 Å². The number of carboxylic acid groups (broad SMARTS) is 1. The molecule has 5 heteroatoms. The summed E-state index contributed by atoms with van der Waals surface area (Å²) >= 11 is 5.85. The van der Waals surface area contributed by atoms with Crippen LogP contribution < -0.4 is 0 Å². The zero-order valence-corrected chi connectivity index (χ0v) is 11.0. The molecule has 0 spiro atoms.